The number of carbonyl (C=O) groups excluding carboxylic acids is 1. The summed E-state index contributed by atoms with van der Waals surface area (Å²) >= 11 is 0. The van der Waals surface area contributed by atoms with Crippen molar-refractivity contribution in [1.82, 2.24) is 15.0 Å². The van der Waals surface area contributed by atoms with E-state index in [1.54, 1.807) is 45.0 Å². The summed E-state index contributed by atoms with van der Waals surface area (Å²) in [5.74, 6) is -0.257. The second kappa shape index (κ2) is 7.77. The zero-order valence-electron chi connectivity index (χ0n) is 15.2. The van der Waals surface area contributed by atoms with E-state index in [2.05, 4.69) is 25.0 Å². The topological polar surface area (TPSA) is 86.2 Å². The highest BCUT2D eigenvalue weighted by Gasteiger charge is 2.29. The summed E-state index contributed by atoms with van der Waals surface area (Å²) in [6.45, 7) is 5.30. The minimum atomic E-state index is -4.49. The van der Waals surface area contributed by atoms with Crippen LogP contribution in [0.15, 0.2) is 24.3 Å². The zero-order valence-corrected chi connectivity index (χ0v) is 15.2. The Labute approximate surface area is 154 Å². The Morgan fingerprint density at radius 1 is 1.07 bits per heavy atom. The summed E-state index contributed by atoms with van der Waals surface area (Å²) in [6.07, 6.45) is -4.49. The van der Waals surface area contributed by atoms with Crippen molar-refractivity contribution in [3.63, 3.8) is 0 Å². The molecule has 2 aromatic rings. The van der Waals surface area contributed by atoms with Gasteiger partial charge in [0, 0.05) is 5.69 Å². The molecule has 0 amide bonds. The van der Waals surface area contributed by atoms with Crippen LogP contribution in [0.1, 0.15) is 37.0 Å². The van der Waals surface area contributed by atoms with Crippen LogP contribution in [0.3, 0.4) is 0 Å². The Balaban J connectivity index is 2.08. The molecule has 146 valence electrons. The minimum Gasteiger partial charge on any atom is -0.456 e. The van der Waals surface area contributed by atoms with E-state index >= 15 is 0 Å². The van der Waals surface area contributed by atoms with Crippen molar-refractivity contribution in [2.24, 2.45) is 0 Å². The predicted molar refractivity (Wildman–Crippen MR) is 91.0 cm³/mol. The minimum absolute atomic E-state index is 0.0182. The number of benzene rings is 1. The molecule has 10 heteroatoms. The van der Waals surface area contributed by atoms with Crippen molar-refractivity contribution in [2.75, 3.05) is 11.9 Å². The SMILES string of the molecule is Cc1nc(Nc2ccc(C(=O)OC(C)(C)C)cc2)nc(OCC(F)(F)F)n1. The highest BCUT2D eigenvalue weighted by Crippen LogP contribution is 2.19. The van der Waals surface area contributed by atoms with Gasteiger partial charge >= 0.3 is 18.2 Å². The molecular weight excluding hydrogens is 365 g/mol. The van der Waals surface area contributed by atoms with E-state index in [-0.39, 0.29) is 11.8 Å². The third kappa shape index (κ3) is 7.08. The first-order chi connectivity index (χ1) is 12.4. The second-order valence-corrected chi connectivity index (χ2v) is 6.60. The average Bonchev–Trinajstić information content (AvgIpc) is 2.51. The summed E-state index contributed by atoms with van der Waals surface area (Å²) < 4.78 is 46.5. The first-order valence-corrected chi connectivity index (χ1v) is 7.94. The number of aromatic nitrogens is 3. The molecule has 0 saturated heterocycles. The fourth-order valence-corrected chi connectivity index (χ4v) is 1.88. The molecular formula is C17H19F3N4O3. The van der Waals surface area contributed by atoms with Crippen molar-refractivity contribution < 1.29 is 27.4 Å². The molecule has 0 fully saturated rings. The van der Waals surface area contributed by atoms with Crippen LogP contribution < -0.4 is 10.1 Å². The number of rotatable bonds is 5. The maximum atomic E-state index is 12.2. The standard InChI is InChI=1S/C17H19F3N4O3/c1-10-21-14(24-15(22-10)26-9-17(18,19)20)23-12-7-5-11(6-8-12)13(25)27-16(2,3)4/h5-8H,9H2,1-4H3,(H,21,22,23,24). The maximum absolute atomic E-state index is 12.2. The lowest BCUT2D eigenvalue weighted by molar-refractivity contribution is -0.154. The summed E-state index contributed by atoms with van der Waals surface area (Å²) in [7, 11) is 0. The second-order valence-electron chi connectivity index (χ2n) is 6.60. The molecule has 1 heterocycles. The van der Waals surface area contributed by atoms with Crippen LogP contribution in [0.4, 0.5) is 24.8 Å². The third-order valence-corrected chi connectivity index (χ3v) is 2.87. The fraction of sp³-hybridized carbons (Fsp3) is 0.412. The number of aryl methyl sites for hydroxylation is 1. The van der Waals surface area contributed by atoms with E-state index in [4.69, 9.17) is 4.74 Å². The van der Waals surface area contributed by atoms with Crippen LogP contribution >= 0.6 is 0 Å². The highest BCUT2D eigenvalue weighted by molar-refractivity contribution is 5.90. The van der Waals surface area contributed by atoms with E-state index in [1.807, 2.05) is 0 Å². The highest BCUT2D eigenvalue weighted by atomic mass is 19.4. The van der Waals surface area contributed by atoms with Crippen molar-refractivity contribution in [2.45, 2.75) is 39.5 Å². The normalized spacial score (nSPS) is 11.8. The molecule has 1 aromatic carbocycles. The van der Waals surface area contributed by atoms with Gasteiger partial charge in [-0.1, -0.05) is 0 Å². The molecule has 0 aliphatic heterocycles. The van der Waals surface area contributed by atoms with E-state index in [0.717, 1.165) is 0 Å². The summed E-state index contributed by atoms with van der Waals surface area (Å²) in [5.41, 5.74) is 0.273. The van der Waals surface area contributed by atoms with Crippen molar-refractivity contribution >= 4 is 17.6 Å². The molecule has 0 radical (unpaired) electrons. The van der Waals surface area contributed by atoms with Gasteiger partial charge in [-0.3, -0.25) is 0 Å². The van der Waals surface area contributed by atoms with Crippen LogP contribution in [0, 0.1) is 6.92 Å². The Kier molecular flexibility index (Phi) is 5.87. The van der Waals surface area contributed by atoms with Crippen molar-refractivity contribution in [3.05, 3.63) is 35.7 Å². The molecule has 7 nitrogen and oxygen atoms in total. The molecule has 1 N–H and O–H groups in total. The molecule has 0 bridgehead atoms. The van der Waals surface area contributed by atoms with Gasteiger partial charge in [0.1, 0.15) is 11.4 Å². The molecule has 0 saturated carbocycles. The van der Waals surface area contributed by atoms with Crippen LogP contribution in [0.5, 0.6) is 6.01 Å². The molecule has 0 unspecified atom stereocenters. The van der Waals surface area contributed by atoms with Crippen LogP contribution in [-0.4, -0.2) is 39.3 Å². The number of ether oxygens (including phenoxy) is 2. The molecule has 0 spiro atoms. The van der Waals surface area contributed by atoms with Gasteiger partial charge in [0.25, 0.3) is 0 Å². The molecule has 0 aliphatic rings. The lowest BCUT2D eigenvalue weighted by atomic mass is 10.1. The van der Waals surface area contributed by atoms with Gasteiger partial charge in [-0.05, 0) is 52.0 Å². The monoisotopic (exact) mass is 384 g/mol. The number of nitrogens with zero attached hydrogens (tertiary/aromatic N) is 3. The maximum Gasteiger partial charge on any atom is 0.422 e. The van der Waals surface area contributed by atoms with Crippen LogP contribution in [0.25, 0.3) is 0 Å². The summed E-state index contributed by atoms with van der Waals surface area (Å²) in [6, 6.07) is 5.84. The molecule has 0 aliphatic carbocycles. The van der Waals surface area contributed by atoms with Crippen LogP contribution in [0.2, 0.25) is 0 Å². The summed E-state index contributed by atoms with van der Waals surface area (Å²) in [4.78, 5) is 23.5. The number of carbonyl (C=O) groups is 1. The number of hydrogen-bond donors (Lipinski definition) is 1. The van der Waals surface area contributed by atoms with Crippen LogP contribution in [-0.2, 0) is 4.74 Å². The smallest absolute Gasteiger partial charge is 0.422 e. The number of esters is 1. The van der Waals surface area contributed by atoms with Gasteiger partial charge in [0.15, 0.2) is 6.61 Å². The molecule has 2 rings (SSSR count). The van der Waals surface area contributed by atoms with Gasteiger partial charge < -0.3 is 14.8 Å². The van der Waals surface area contributed by atoms with E-state index < -0.39 is 30.4 Å². The Bertz CT molecular complexity index is 803. The quantitative estimate of drug-likeness (QED) is 0.784. The zero-order chi connectivity index (χ0) is 20.2. The van der Waals surface area contributed by atoms with Crippen molar-refractivity contribution in [3.8, 4) is 6.01 Å². The molecule has 1 aromatic heterocycles. The predicted octanol–water partition coefficient (Wildman–Crippen LogP) is 3.82. The Hall–Kier alpha value is -2.91. The van der Waals surface area contributed by atoms with Crippen molar-refractivity contribution in [1.29, 1.82) is 0 Å². The average molecular weight is 384 g/mol. The number of nitrogens with one attached hydrogen (secondary N) is 1. The molecule has 27 heavy (non-hydrogen) atoms. The van der Waals surface area contributed by atoms with Gasteiger partial charge in [0.2, 0.25) is 5.95 Å². The van der Waals surface area contributed by atoms with Gasteiger partial charge in [0.05, 0.1) is 5.56 Å². The van der Waals surface area contributed by atoms with Gasteiger partial charge in [-0.15, -0.1) is 0 Å². The van der Waals surface area contributed by atoms with Gasteiger partial charge in [-0.2, -0.15) is 28.1 Å². The lowest BCUT2D eigenvalue weighted by Crippen LogP contribution is -2.23. The fourth-order valence-electron chi connectivity index (χ4n) is 1.88. The number of alkyl halides is 3. The van der Waals surface area contributed by atoms with E-state index in [0.29, 0.717) is 11.3 Å². The number of halogens is 3. The van der Waals surface area contributed by atoms with E-state index in [1.165, 1.54) is 6.92 Å². The molecule has 0 atom stereocenters. The lowest BCUT2D eigenvalue weighted by Gasteiger charge is -2.19. The number of anilines is 2. The Morgan fingerprint density at radius 3 is 2.26 bits per heavy atom. The van der Waals surface area contributed by atoms with Gasteiger partial charge in [-0.25, -0.2) is 4.79 Å². The first kappa shape index (κ1) is 20.4. The number of hydrogen-bond acceptors (Lipinski definition) is 7. The largest absolute Gasteiger partial charge is 0.456 e. The Morgan fingerprint density at radius 2 is 1.70 bits per heavy atom. The van der Waals surface area contributed by atoms with E-state index in [9.17, 15) is 18.0 Å². The summed E-state index contributed by atoms with van der Waals surface area (Å²) in [5, 5.41) is 2.82. The first-order valence-electron chi connectivity index (χ1n) is 7.94. The third-order valence-electron chi connectivity index (χ3n) is 2.87.